The third-order valence-electron chi connectivity index (χ3n) is 7.40. The molecule has 2 aliphatic carbocycles. The van der Waals surface area contributed by atoms with Crippen molar-refractivity contribution >= 4 is 33.8 Å². The molecule has 5 nitrogen and oxygen atoms in total. The molecule has 34 heavy (non-hydrogen) atoms. The van der Waals surface area contributed by atoms with E-state index in [4.69, 9.17) is 4.74 Å². The van der Waals surface area contributed by atoms with E-state index >= 15 is 0 Å². The fourth-order valence-corrected chi connectivity index (χ4v) is 6.55. The second-order valence-electron chi connectivity index (χ2n) is 9.70. The molecule has 2 saturated carbocycles. The molecular weight excluding hydrogens is 442 g/mol. The molecule has 3 aromatic rings. The number of benzene rings is 1. The topological polar surface area (TPSA) is 63.2 Å². The highest BCUT2D eigenvalue weighted by molar-refractivity contribution is 7.15. The van der Waals surface area contributed by atoms with Gasteiger partial charge in [0.05, 0.1) is 6.61 Å². The van der Waals surface area contributed by atoms with Crippen LogP contribution in [0.15, 0.2) is 48.2 Å². The molecule has 2 heterocycles. The fourth-order valence-electron chi connectivity index (χ4n) is 5.52. The Balaban J connectivity index is 1.28. The first-order valence-corrected chi connectivity index (χ1v) is 13.0. The third-order valence-corrected chi connectivity index (χ3v) is 8.61. The molecular formula is C28H33N3O2S. The molecule has 0 radical (unpaired) electrons. The van der Waals surface area contributed by atoms with E-state index in [1.807, 2.05) is 29.7 Å². The molecule has 0 aliphatic heterocycles. The van der Waals surface area contributed by atoms with Crippen LogP contribution < -0.4 is 10.6 Å². The maximum absolute atomic E-state index is 12.9. The van der Waals surface area contributed by atoms with Gasteiger partial charge in [0.2, 0.25) is 5.91 Å². The molecule has 2 aliphatic rings. The summed E-state index contributed by atoms with van der Waals surface area (Å²) in [6, 6.07) is 11.2. The van der Waals surface area contributed by atoms with Gasteiger partial charge in [-0.2, -0.15) is 0 Å². The van der Waals surface area contributed by atoms with Gasteiger partial charge in [-0.1, -0.05) is 17.7 Å². The van der Waals surface area contributed by atoms with Gasteiger partial charge < -0.3 is 15.4 Å². The molecule has 2 N–H and O–H groups in total. The number of nitrogens with zero attached hydrogens (tertiary/aromatic N) is 1. The molecule has 2 fully saturated rings. The van der Waals surface area contributed by atoms with E-state index in [2.05, 4.69) is 53.7 Å². The average Bonchev–Trinajstić information content (AvgIpc) is 3.26. The number of fused-ring (bicyclic) bond motifs is 3. The lowest BCUT2D eigenvalue weighted by atomic mass is 9.80. The summed E-state index contributed by atoms with van der Waals surface area (Å²) in [6.45, 7) is 5.94. The van der Waals surface area contributed by atoms with Gasteiger partial charge in [0.25, 0.3) is 0 Å². The number of aromatic nitrogens is 1. The minimum absolute atomic E-state index is 0.0646. The van der Waals surface area contributed by atoms with Gasteiger partial charge in [0, 0.05) is 47.1 Å². The lowest BCUT2D eigenvalue weighted by Crippen LogP contribution is -2.37. The molecule has 2 bridgehead atoms. The maximum Gasteiger partial charge on any atom is 0.249 e. The Morgan fingerprint density at radius 1 is 1.15 bits per heavy atom. The monoisotopic (exact) mass is 475 g/mol. The van der Waals surface area contributed by atoms with Gasteiger partial charge in [-0.15, -0.1) is 11.3 Å². The predicted octanol–water partition coefficient (Wildman–Crippen LogP) is 5.87. The van der Waals surface area contributed by atoms with Gasteiger partial charge >= 0.3 is 0 Å². The van der Waals surface area contributed by atoms with E-state index in [9.17, 15) is 4.79 Å². The van der Waals surface area contributed by atoms with Gasteiger partial charge in [-0.3, -0.25) is 4.79 Å². The number of hydrogen-bond donors (Lipinski definition) is 2. The lowest BCUT2D eigenvalue weighted by molar-refractivity contribution is -0.112. The van der Waals surface area contributed by atoms with Gasteiger partial charge in [-0.05, 0) is 86.1 Å². The first kappa shape index (κ1) is 23.2. The molecule has 2 aromatic heterocycles. The van der Waals surface area contributed by atoms with Crippen LogP contribution >= 0.6 is 11.3 Å². The summed E-state index contributed by atoms with van der Waals surface area (Å²) in [4.78, 5) is 20.0. The average molecular weight is 476 g/mol. The van der Waals surface area contributed by atoms with E-state index < -0.39 is 0 Å². The maximum atomic E-state index is 12.9. The number of anilines is 1. The van der Waals surface area contributed by atoms with Crippen molar-refractivity contribution in [3.8, 4) is 10.4 Å². The molecule has 1 aromatic carbocycles. The standard InChI is InChI=1S/C28H33N3O2S/c1-17-10-26(34-18(17)2)21-6-7-22-16-30-27(14-23(22)11-21)31-28(32)15-25-19-4-5-20(25)13-24(12-19)29-8-9-33-3/h6-7,10-11,14-16,19-20,24,29H,4-5,8-9,12-13H2,1-3H3,(H,30,31,32)/b25-15-/t19?,20-,24-/m0/s1. The van der Waals surface area contributed by atoms with Crippen LogP contribution in [0.3, 0.4) is 0 Å². The van der Waals surface area contributed by atoms with Crippen molar-refractivity contribution in [2.75, 3.05) is 25.6 Å². The zero-order chi connectivity index (χ0) is 23.7. The van der Waals surface area contributed by atoms with Crippen molar-refractivity contribution in [2.24, 2.45) is 11.8 Å². The Morgan fingerprint density at radius 3 is 2.65 bits per heavy atom. The number of carbonyl (C=O) groups excluding carboxylic acids is 1. The number of carbonyl (C=O) groups is 1. The lowest BCUT2D eigenvalue weighted by Gasteiger charge is -2.31. The van der Waals surface area contributed by atoms with Crippen molar-refractivity contribution in [3.05, 3.63) is 58.6 Å². The summed E-state index contributed by atoms with van der Waals surface area (Å²) in [7, 11) is 1.74. The van der Waals surface area contributed by atoms with Gasteiger partial charge in [0.1, 0.15) is 5.82 Å². The van der Waals surface area contributed by atoms with Crippen LogP contribution in [-0.2, 0) is 9.53 Å². The third kappa shape index (κ3) is 4.95. The van der Waals surface area contributed by atoms with Crippen molar-refractivity contribution in [3.63, 3.8) is 0 Å². The smallest absolute Gasteiger partial charge is 0.249 e. The summed E-state index contributed by atoms with van der Waals surface area (Å²) in [5.74, 6) is 1.56. The van der Waals surface area contributed by atoms with Crippen LogP contribution in [0.25, 0.3) is 21.2 Å². The number of nitrogens with one attached hydrogen (secondary N) is 2. The molecule has 0 spiro atoms. The summed E-state index contributed by atoms with van der Waals surface area (Å²) in [6.07, 6.45) is 8.28. The predicted molar refractivity (Wildman–Crippen MR) is 140 cm³/mol. The van der Waals surface area contributed by atoms with E-state index in [-0.39, 0.29) is 5.91 Å². The summed E-state index contributed by atoms with van der Waals surface area (Å²) < 4.78 is 5.16. The number of pyridine rings is 1. The van der Waals surface area contributed by atoms with Gasteiger partial charge in [-0.25, -0.2) is 4.98 Å². The molecule has 0 saturated heterocycles. The Bertz CT molecular complexity index is 1200. The fraction of sp³-hybridized carbons (Fsp3) is 0.429. The molecule has 1 amide bonds. The van der Waals surface area contributed by atoms with E-state index in [0.29, 0.717) is 23.7 Å². The molecule has 5 rings (SSSR count). The van der Waals surface area contributed by atoms with Gasteiger partial charge in [0.15, 0.2) is 0 Å². The van der Waals surface area contributed by atoms with Crippen LogP contribution in [0.5, 0.6) is 0 Å². The van der Waals surface area contributed by atoms with Crippen LogP contribution in [0.1, 0.15) is 36.1 Å². The van der Waals surface area contributed by atoms with Crippen molar-refractivity contribution in [2.45, 2.75) is 45.6 Å². The summed E-state index contributed by atoms with van der Waals surface area (Å²) in [5, 5.41) is 8.79. The molecule has 3 atom stereocenters. The van der Waals surface area contributed by atoms with Crippen molar-refractivity contribution in [1.82, 2.24) is 10.3 Å². The quantitative estimate of drug-likeness (QED) is 0.331. The normalized spacial score (nSPS) is 23.0. The molecule has 178 valence electrons. The van der Waals surface area contributed by atoms with Crippen LogP contribution in [0.2, 0.25) is 0 Å². The zero-order valence-corrected chi connectivity index (χ0v) is 21.0. The Kier molecular flexibility index (Phi) is 6.82. The van der Waals surface area contributed by atoms with E-state index in [1.54, 1.807) is 7.11 Å². The van der Waals surface area contributed by atoms with Crippen molar-refractivity contribution < 1.29 is 9.53 Å². The van der Waals surface area contributed by atoms with Crippen LogP contribution in [-0.4, -0.2) is 37.2 Å². The molecule has 1 unspecified atom stereocenters. The zero-order valence-electron chi connectivity index (χ0n) is 20.2. The minimum Gasteiger partial charge on any atom is -0.383 e. The first-order valence-electron chi connectivity index (χ1n) is 12.2. The van der Waals surface area contributed by atoms with Crippen LogP contribution in [0, 0.1) is 25.7 Å². The summed E-state index contributed by atoms with van der Waals surface area (Å²) in [5.41, 5.74) is 3.85. The SMILES string of the molecule is COCCN[C@H]1CC2CC[C@@H](C1)/C2=C\C(=O)Nc1cc2cc(-c3cc(C)c(C)s3)ccc2cn1. The number of thiophene rings is 1. The number of aryl methyl sites for hydroxylation is 2. The Labute approximate surface area is 205 Å². The first-order chi connectivity index (χ1) is 16.5. The largest absolute Gasteiger partial charge is 0.383 e. The second kappa shape index (κ2) is 9.98. The highest BCUT2D eigenvalue weighted by atomic mass is 32.1. The van der Waals surface area contributed by atoms with Crippen LogP contribution in [0.4, 0.5) is 5.82 Å². The highest BCUT2D eigenvalue weighted by Gasteiger charge is 2.38. The Morgan fingerprint density at radius 2 is 1.94 bits per heavy atom. The number of allylic oxidation sites excluding steroid dienone is 1. The summed E-state index contributed by atoms with van der Waals surface area (Å²) >= 11 is 1.82. The van der Waals surface area contributed by atoms with Crippen molar-refractivity contribution in [1.29, 1.82) is 0 Å². The second-order valence-corrected chi connectivity index (χ2v) is 11.0. The number of rotatable bonds is 7. The Hall–Kier alpha value is -2.54. The number of hydrogen-bond acceptors (Lipinski definition) is 5. The molecule has 6 heteroatoms. The van der Waals surface area contributed by atoms with E-state index in [1.165, 1.54) is 39.3 Å². The number of ether oxygens (including phenoxy) is 1. The number of methoxy groups -OCH3 is 1. The van der Waals surface area contributed by atoms with E-state index in [0.717, 1.165) is 36.8 Å². The minimum atomic E-state index is -0.0646. The number of amides is 1. The highest BCUT2D eigenvalue weighted by Crippen LogP contribution is 2.46.